The van der Waals surface area contributed by atoms with Crippen LogP contribution >= 0.6 is 0 Å². The van der Waals surface area contributed by atoms with Gasteiger partial charge in [-0.1, -0.05) is 6.08 Å². The largest absolute Gasteiger partial charge is 0.422 e. The predicted octanol–water partition coefficient (Wildman–Crippen LogP) is 3.74. The van der Waals surface area contributed by atoms with Gasteiger partial charge in [0.1, 0.15) is 0 Å². The molecule has 0 aromatic carbocycles. The van der Waals surface area contributed by atoms with Crippen LogP contribution in [-0.4, -0.2) is 28.9 Å². The highest BCUT2D eigenvalue weighted by atomic mass is 16.7. The third kappa shape index (κ3) is 3.67. The average molecular weight is 376 g/mol. The highest BCUT2D eigenvalue weighted by Gasteiger charge is 2.53. The lowest BCUT2D eigenvalue weighted by Crippen LogP contribution is -2.52. The van der Waals surface area contributed by atoms with Gasteiger partial charge in [0.15, 0.2) is 0 Å². The number of allylic oxidation sites excluding steroid dienone is 1. The Kier molecular flexibility index (Phi) is 5.08. The van der Waals surface area contributed by atoms with Gasteiger partial charge < -0.3 is 14.6 Å². The van der Waals surface area contributed by atoms with Crippen LogP contribution in [0.25, 0.3) is 0 Å². The smallest absolute Gasteiger partial charge is 0.336 e. The topological polar surface area (TPSA) is 72.8 Å². The highest BCUT2D eigenvalue weighted by Crippen LogP contribution is 2.57. The summed E-state index contributed by atoms with van der Waals surface area (Å²) in [5.41, 5.74) is 0.486. The van der Waals surface area contributed by atoms with Crippen LogP contribution in [0.2, 0.25) is 0 Å². The lowest BCUT2D eigenvalue weighted by atomic mass is 9.52. The van der Waals surface area contributed by atoms with Crippen molar-refractivity contribution in [3.63, 3.8) is 0 Å². The van der Waals surface area contributed by atoms with E-state index in [1.807, 2.05) is 0 Å². The van der Waals surface area contributed by atoms with Crippen LogP contribution < -0.4 is 0 Å². The summed E-state index contributed by atoms with van der Waals surface area (Å²) in [5, 5.41) is 10.2. The Bertz CT molecular complexity index is 611. The van der Waals surface area contributed by atoms with Gasteiger partial charge in [-0.05, 0) is 82.5 Å². The predicted molar refractivity (Wildman–Crippen MR) is 99.4 cm³/mol. The van der Waals surface area contributed by atoms with Crippen LogP contribution in [0.3, 0.4) is 0 Å². The molecule has 5 aliphatic rings. The van der Waals surface area contributed by atoms with Gasteiger partial charge in [-0.15, -0.1) is 0 Å². The van der Waals surface area contributed by atoms with Gasteiger partial charge in [-0.3, -0.25) is 4.79 Å². The van der Waals surface area contributed by atoms with Crippen molar-refractivity contribution in [1.82, 2.24) is 0 Å². The van der Waals surface area contributed by atoms with Gasteiger partial charge in [0, 0.05) is 12.0 Å². The fraction of sp³-hybridized carbons (Fsp3) is 0.818. The quantitative estimate of drug-likeness (QED) is 0.460. The fourth-order valence-electron chi connectivity index (χ4n) is 6.31. The zero-order valence-corrected chi connectivity index (χ0v) is 16.5. The highest BCUT2D eigenvalue weighted by molar-refractivity contribution is 5.88. The molecule has 5 heteroatoms. The average Bonchev–Trinajstić information content (AvgIpc) is 2.59. The SMILES string of the molecule is CC=C(C)C(=O)OC1(OC(=O)C2C3CC4CC(C3)CC2C4)CCCC(O)C1. The molecule has 0 radical (unpaired) electrons. The maximum Gasteiger partial charge on any atom is 0.336 e. The van der Waals surface area contributed by atoms with E-state index in [-0.39, 0.29) is 18.3 Å². The molecule has 150 valence electrons. The van der Waals surface area contributed by atoms with E-state index in [4.69, 9.17) is 9.47 Å². The molecule has 5 aliphatic carbocycles. The number of carbonyl (C=O) groups excluding carboxylic acids is 2. The number of hydrogen-bond donors (Lipinski definition) is 1. The molecule has 1 N–H and O–H groups in total. The first-order chi connectivity index (χ1) is 12.9. The molecule has 2 atom stereocenters. The van der Waals surface area contributed by atoms with E-state index in [1.54, 1.807) is 19.9 Å². The maximum atomic E-state index is 13.2. The molecular weight excluding hydrogens is 344 g/mol. The van der Waals surface area contributed by atoms with Crippen molar-refractivity contribution < 1.29 is 24.2 Å². The second-order valence-corrected chi connectivity index (χ2v) is 9.40. The van der Waals surface area contributed by atoms with E-state index in [2.05, 4.69) is 0 Å². The van der Waals surface area contributed by atoms with E-state index in [0.717, 1.165) is 37.5 Å². The van der Waals surface area contributed by atoms with Gasteiger partial charge in [-0.25, -0.2) is 4.79 Å². The second-order valence-electron chi connectivity index (χ2n) is 9.40. The molecule has 4 bridgehead atoms. The lowest BCUT2D eigenvalue weighted by Gasteiger charge is -2.53. The van der Waals surface area contributed by atoms with E-state index in [1.165, 1.54) is 6.42 Å². The normalized spacial score (nSPS) is 43.4. The third-order valence-corrected chi connectivity index (χ3v) is 7.46. The van der Waals surface area contributed by atoms with E-state index in [9.17, 15) is 14.7 Å². The Morgan fingerprint density at radius 2 is 1.67 bits per heavy atom. The summed E-state index contributed by atoms with van der Waals surface area (Å²) in [6, 6.07) is 0. The van der Waals surface area contributed by atoms with Crippen LogP contribution in [0.1, 0.15) is 71.6 Å². The first kappa shape index (κ1) is 19.0. The minimum atomic E-state index is -1.31. The summed E-state index contributed by atoms with van der Waals surface area (Å²) in [6.45, 7) is 3.47. The molecule has 0 aromatic rings. The Balaban J connectivity index is 1.51. The monoisotopic (exact) mass is 376 g/mol. The minimum Gasteiger partial charge on any atom is -0.422 e. The molecule has 0 heterocycles. The van der Waals surface area contributed by atoms with Gasteiger partial charge in [0.05, 0.1) is 18.4 Å². The van der Waals surface area contributed by atoms with Crippen LogP contribution in [-0.2, 0) is 19.1 Å². The number of carbonyl (C=O) groups is 2. The molecular formula is C22H32O5. The molecule has 5 nitrogen and oxygen atoms in total. The Hall–Kier alpha value is -1.36. The van der Waals surface area contributed by atoms with Crippen LogP contribution in [0.4, 0.5) is 0 Å². The number of aliphatic hydroxyl groups excluding tert-OH is 1. The van der Waals surface area contributed by atoms with Crippen molar-refractivity contribution >= 4 is 11.9 Å². The maximum absolute atomic E-state index is 13.2. The number of aliphatic hydroxyl groups is 1. The van der Waals surface area contributed by atoms with Gasteiger partial charge in [0.2, 0.25) is 0 Å². The summed E-state index contributed by atoms with van der Waals surface area (Å²) < 4.78 is 11.7. The third-order valence-electron chi connectivity index (χ3n) is 7.46. The molecule has 0 amide bonds. The fourth-order valence-corrected chi connectivity index (χ4v) is 6.31. The Morgan fingerprint density at radius 1 is 1.04 bits per heavy atom. The number of rotatable bonds is 4. The van der Waals surface area contributed by atoms with Crippen molar-refractivity contribution in [1.29, 1.82) is 0 Å². The Morgan fingerprint density at radius 3 is 2.22 bits per heavy atom. The van der Waals surface area contributed by atoms with Gasteiger partial charge in [0.25, 0.3) is 5.79 Å². The minimum absolute atomic E-state index is 0.0599. The summed E-state index contributed by atoms with van der Waals surface area (Å²) >= 11 is 0. The van der Waals surface area contributed by atoms with E-state index < -0.39 is 17.9 Å². The van der Waals surface area contributed by atoms with Crippen molar-refractivity contribution in [2.24, 2.45) is 29.6 Å². The molecule has 0 saturated heterocycles. The molecule has 0 aliphatic heterocycles. The van der Waals surface area contributed by atoms with Crippen LogP contribution in [0.5, 0.6) is 0 Å². The zero-order chi connectivity index (χ0) is 19.2. The summed E-state index contributed by atoms with van der Waals surface area (Å²) in [6.07, 6.45) is 8.94. The van der Waals surface area contributed by atoms with Crippen LogP contribution in [0.15, 0.2) is 11.6 Å². The second kappa shape index (κ2) is 7.23. The summed E-state index contributed by atoms with van der Waals surface area (Å²) in [4.78, 5) is 25.6. The first-order valence-electron chi connectivity index (χ1n) is 10.7. The summed E-state index contributed by atoms with van der Waals surface area (Å²) in [5.74, 6) is 0.377. The standard InChI is InChI=1S/C22H32O5/c1-3-13(2)20(24)26-22(6-4-5-18(23)12-22)27-21(25)19-16-8-14-7-15(10-16)11-17(19)9-14/h3,14-19,23H,4-12H2,1-2H3. The van der Waals surface area contributed by atoms with Crippen molar-refractivity contribution in [3.8, 4) is 0 Å². The van der Waals surface area contributed by atoms with Gasteiger partial charge in [-0.2, -0.15) is 0 Å². The number of esters is 2. The molecule has 27 heavy (non-hydrogen) atoms. The zero-order valence-electron chi connectivity index (χ0n) is 16.5. The molecule has 5 fully saturated rings. The lowest BCUT2D eigenvalue weighted by molar-refractivity contribution is -0.251. The molecule has 0 aromatic heterocycles. The summed E-state index contributed by atoms with van der Waals surface area (Å²) in [7, 11) is 0. The van der Waals surface area contributed by atoms with E-state index >= 15 is 0 Å². The first-order valence-corrected chi connectivity index (χ1v) is 10.7. The van der Waals surface area contributed by atoms with Crippen LogP contribution in [0, 0.1) is 29.6 Å². The molecule has 5 rings (SSSR count). The Labute approximate surface area is 161 Å². The number of ether oxygens (including phenoxy) is 2. The van der Waals surface area contributed by atoms with Gasteiger partial charge >= 0.3 is 11.9 Å². The van der Waals surface area contributed by atoms with Crippen molar-refractivity contribution in [3.05, 3.63) is 11.6 Å². The van der Waals surface area contributed by atoms with Crippen molar-refractivity contribution in [2.75, 3.05) is 0 Å². The molecule has 5 saturated carbocycles. The molecule has 2 unspecified atom stereocenters. The van der Waals surface area contributed by atoms with E-state index in [0.29, 0.717) is 36.7 Å². The van der Waals surface area contributed by atoms with Crippen molar-refractivity contribution in [2.45, 2.75) is 83.5 Å². The number of hydrogen-bond acceptors (Lipinski definition) is 5. The molecule has 0 spiro atoms.